The maximum atomic E-state index is 13.4. The molecule has 2 aromatic carbocycles. The van der Waals surface area contributed by atoms with Crippen molar-refractivity contribution in [3.63, 3.8) is 0 Å². The second-order valence-electron chi connectivity index (χ2n) is 6.78. The highest BCUT2D eigenvalue weighted by Gasteiger charge is 2.28. The molecule has 1 amide bonds. The van der Waals surface area contributed by atoms with Crippen LogP contribution in [0.2, 0.25) is 0 Å². The van der Waals surface area contributed by atoms with Crippen molar-refractivity contribution in [1.29, 1.82) is 0 Å². The third kappa shape index (κ3) is 4.90. The third-order valence-electron chi connectivity index (χ3n) is 4.99. The van der Waals surface area contributed by atoms with Crippen LogP contribution in [-0.2, 0) is 4.79 Å². The molecule has 6 heteroatoms. The smallest absolute Gasteiger partial charge is 0.223 e. The first-order chi connectivity index (χ1) is 13.1. The number of halogens is 2. The SMILES string of the molecule is CNCCC(=O)N1CCN(C(c2ccc(F)cc2)c2ccc(F)cc2)CC1. The summed E-state index contributed by atoms with van der Waals surface area (Å²) >= 11 is 0. The molecular formula is C21H25F2N3O. The molecule has 27 heavy (non-hydrogen) atoms. The Morgan fingerprint density at radius 2 is 1.41 bits per heavy atom. The van der Waals surface area contributed by atoms with E-state index in [0.717, 1.165) is 11.1 Å². The van der Waals surface area contributed by atoms with Gasteiger partial charge in [-0.2, -0.15) is 0 Å². The Morgan fingerprint density at radius 1 is 0.926 bits per heavy atom. The molecule has 144 valence electrons. The number of hydrogen-bond donors (Lipinski definition) is 1. The molecule has 1 aliphatic heterocycles. The second-order valence-corrected chi connectivity index (χ2v) is 6.78. The molecule has 1 fully saturated rings. The number of amides is 1. The van der Waals surface area contributed by atoms with Gasteiger partial charge in [0.1, 0.15) is 11.6 Å². The highest BCUT2D eigenvalue weighted by molar-refractivity contribution is 5.76. The third-order valence-corrected chi connectivity index (χ3v) is 4.99. The maximum Gasteiger partial charge on any atom is 0.223 e. The Kier molecular flexibility index (Phi) is 6.53. The average molecular weight is 373 g/mol. The summed E-state index contributed by atoms with van der Waals surface area (Å²) in [4.78, 5) is 16.4. The molecule has 3 rings (SSSR count). The van der Waals surface area contributed by atoms with Gasteiger partial charge in [0.05, 0.1) is 6.04 Å². The zero-order valence-electron chi connectivity index (χ0n) is 15.5. The predicted molar refractivity (Wildman–Crippen MR) is 101 cm³/mol. The molecule has 2 aromatic rings. The van der Waals surface area contributed by atoms with Crippen LogP contribution in [0.3, 0.4) is 0 Å². The van der Waals surface area contributed by atoms with Crippen molar-refractivity contribution in [2.45, 2.75) is 12.5 Å². The zero-order chi connectivity index (χ0) is 19.2. The fourth-order valence-corrected chi connectivity index (χ4v) is 3.52. The molecule has 1 saturated heterocycles. The molecule has 0 saturated carbocycles. The lowest BCUT2D eigenvalue weighted by atomic mass is 9.96. The van der Waals surface area contributed by atoms with Gasteiger partial charge in [-0.15, -0.1) is 0 Å². The maximum absolute atomic E-state index is 13.4. The number of benzene rings is 2. The van der Waals surface area contributed by atoms with Gasteiger partial charge in [0, 0.05) is 39.1 Å². The number of piperazine rings is 1. The summed E-state index contributed by atoms with van der Waals surface area (Å²) in [6.07, 6.45) is 0.496. The lowest BCUT2D eigenvalue weighted by Gasteiger charge is -2.40. The van der Waals surface area contributed by atoms with Crippen LogP contribution in [0.15, 0.2) is 48.5 Å². The first-order valence-corrected chi connectivity index (χ1v) is 9.26. The van der Waals surface area contributed by atoms with Gasteiger partial charge in [-0.3, -0.25) is 9.69 Å². The van der Waals surface area contributed by atoms with Crippen LogP contribution in [0.4, 0.5) is 8.78 Å². The van der Waals surface area contributed by atoms with Crippen LogP contribution in [0.1, 0.15) is 23.6 Å². The van der Waals surface area contributed by atoms with Crippen LogP contribution in [0.25, 0.3) is 0 Å². The Balaban J connectivity index is 1.77. The number of nitrogens with one attached hydrogen (secondary N) is 1. The minimum Gasteiger partial charge on any atom is -0.340 e. The molecule has 0 spiro atoms. The molecule has 0 radical (unpaired) electrons. The molecule has 0 atom stereocenters. The fraction of sp³-hybridized carbons (Fsp3) is 0.381. The summed E-state index contributed by atoms with van der Waals surface area (Å²) in [6, 6.07) is 12.8. The van der Waals surface area contributed by atoms with Crippen molar-refractivity contribution < 1.29 is 13.6 Å². The molecule has 1 heterocycles. The van der Waals surface area contributed by atoms with E-state index in [-0.39, 0.29) is 23.6 Å². The molecule has 1 N–H and O–H groups in total. The van der Waals surface area contributed by atoms with Crippen LogP contribution in [0.5, 0.6) is 0 Å². The largest absolute Gasteiger partial charge is 0.340 e. The van der Waals surface area contributed by atoms with E-state index in [4.69, 9.17) is 0 Å². The number of nitrogens with zero attached hydrogens (tertiary/aromatic N) is 2. The van der Waals surface area contributed by atoms with Crippen molar-refractivity contribution >= 4 is 5.91 Å². The van der Waals surface area contributed by atoms with Gasteiger partial charge in [-0.05, 0) is 42.4 Å². The van der Waals surface area contributed by atoms with Gasteiger partial charge in [0.2, 0.25) is 5.91 Å². The van der Waals surface area contributed by atoms with E-state index < -0.39 is 0 Å². The Morgan fingerprint density at radius 3 is 1.85 bits per heavy atom. The number of carbonyl (C=O) groups is 1. The Labute approximate surface area is 158 Å². The van der Waals surface area contributed by atoms with Crippen LogP contribution in [-0.4, -0.2) is 55.5 Å². The van der Waals surface area contributed by atoms with E-state index in [1.165, 1.54) is 24.3 Å². The van der Waals surface area contributed by atoms with E-state index >= 15 is 0 Å². The van der Waals surface area contributed by atoms with Gasteiger partial charge in [-0.25, -0.2) is 8.78 Å². The summed E-state index contributed by atoms with van der Waals surface area (Å²) in [7, 11) is 1.83. The topological polar surface area (TPSA) is 35.6 Å². The lowest BCUT2D eigenvalue weighted by Crippen LogP contribution is -2.50. The van der Waals surface area contributed by atoms with Crippen molar-refractivity contribution in [1.82, 2.24) is 15.1 Å². The van der Waals surface area contributed by atoms with E-state index in [0.29, 0.717) is 39.1 Å². The number of hydrogen-bond acceptors (Lipinski definition) is 3. The van der Waals surface area contributed by atoms with Gasteiger partial charge in [0.15, 0.2) is 0 Å². The highest BCUT2D eigenvalue weighted by atomic mass is 19.1. The predicted octanol–water partition coefficient (Wildman–Crippen LogP) is 2.81. The Bertz CT molecular complexity index is 696. The second kappa shape index (κ2) is 9.06. The average Bonchev–Trinajstić information content (AvgIpc) is 2.70. The fourth-order valence-electron chi connectivity index (χ4n) is 3.52. The molecule has 1 aliphatic rings. The van der Waals surface area contributed by atoms with Crippen molar-refractivity contribution in [3.05, 3.63) is 71.3 Å². The van der Waals surface area contributed by atoms with E-state index in [9.17, 15) is 13.6 Å². The first-order valence-electron chi connectivity index (χ1n) is 9.26. The molecule has 0 aliphatic carbocycles. The minimum atomic E-state index is -0.281. The summed E-state index contributed by atoms with van der Waals surface area (Å²) < 4.78 is 26.8. The lowest BCUT2D eigenvalue weighted by molar-refractivity contribution is -0.133. The molecule has 0 unspecified atom stereocenters. The molecular weight excluding hydrogens is 348 g/mol. The molecule has 0 bridgehead atoms. The van der Waals surface area contributed by atoms with E-state index in [2.05, 4.69) is 10.2 Å². The van der Waals surface area contributed by atoms with E-state index in [1.807, 2.05) is 11.9 Å². The molecule has 0 aromatic heterocycles. The Hall–Kier alpha value is -2.31. The summed E-state index contributed by atoms with van der Waals surface area (Å²) in [6.45, 7) is 3.41. The van der Waals surface area contributed by atoms with Crippen molar-refractivity contribution in [2.75, 3.05) is 39.8 Å². The molecule has 4 nitrogen and oxygen atoms in total. The standard InChI is InChI=1S/C21H25F2N3O/c1-24-11-10-20(27)25-12-14-26(15-13-25)21(16-2-6-18(22)7-3-16)17-4-8-19(23)9-5-17/h2-9,21,24H,10-15H2,1H3. The summed E-state index contributed by atoms with van der Waals surface area (Å²) in [5, 5.41) is 3.00. The quantitative estimate of drug-likeness (QED) is 0.846. The first kappa shape index (κ1) is 19.5. The van der Waals surface area contributed by atoms with Gasteiger partial charge < -0.3 is 10.2 Å². The number of carbonyl (C=O) groups excluding carboxylic acids is 1. The van der Waals surface area contributed by atoms with Crippen molar-refractivity contribution in [3.8, 4) is 0 Å². The van der Waals surface area contributed by atoms with Crippen molar-refractivity contribution in [2.24, 2.45) is 0 Å². The zero-order valence-corrected chi connectivity index (χ0v) is 15.5. The van der Waals surface area contributed by atoms with Crippen LogP contribution in [0, 0.1) is 11.6 Å². The van der Waals surface area contributed by atoms with E-state index in [1.54, 1.807) is 24.3 Å². The number of rotatable bonds is 6. The normalized spacial score (nSPS) is 15.3. The van der Waals surface area contributed by atoms with Gasteiger partial charge in [-0.1, -0.05) is 24.3 Å². The van der Waals surface area contributed by atoms with Gasteiger partial charge >= 0.3 is 0 Å². The van der Waals surface area contributed by atoms with Crippen LogP contribution < -0.4 is 5.32 Å². The monoisotopic (exact) mass is 373 g/mol. The van der Waals surface area contributed by atoms with Crippen LogP contribution >= 0.6 is 0 Å². The highest BCUT2D eigenvalue weighted by Crippen LogP contribution is 2.30. The van der Waals surface area contributed by atoms with Gasteiger partial charge in [0.25, 0.3) is 0 Å². The summed E-state index contributed by atoms with van der Waals surface area (Å²) in [5.74, 6) is -0.405. The summed E-state index contributed by atoms with van der Waals surface area (Å²) in [5.41, 5.74) is 1.91. The minimum absolute atomic E-state index is 0.0965.